The molecule has 72 valence electrons. The third-order valence-electron chi connectivity index (χ3n) is 3.03. The van der Waals surface area contributed by atoms with Gasteiger partial charge in [-0.25, -0.2) is 0 Å². The van der Waals surface area contributed by atoms with Crippen LogP contribution >= 0.6 is 0 Å². The van der Waals surface area contributed by atoms with Crippen LogP contribution in [0.15, 0.2) is 0 Å². The number of hydrogen-bond donors (Lipinski definition) is 0. The zero-order chi connectivity index (χ0) is 9.42. The van der Waals surface area contributed by atoms with Crippen molar-refractivity contribution in [2.75, 3.05) is 13.1 Å². The van der Waals surface area contributed by atoms with Crippen molar-refractivity contribution < 1.29 is 0 Å². The first kappa shape index (κ1) is 8.75. The van der Waals surface area contributed by atoms with Crippen LogP contribution < -0.4 is 0 Å². The third kappa shape index (κ3) is 1.37. The Morgan fingerprint density at radius 2 is 2.23 bits per heavy atom. The smallest absolute Gasteiger partial charge is 0.0685 e. The summed E-state index contributed by atoms with van der Waals surface area (Å²) >= 11 is 0. The van der Waals surface area contributed by atoms with E-state index in [1.807, 2.05) is 11.7 Å². The summed E-state index contributed by atoms with van der Waals surface area (Å²) in [4.78, 5) is 2.47. The standard InChI is InChI=1S/C10H17N3/c1-4-13-6-5-10-9(7-13)8(2)12(3)11-10/h4-7H2,1-3H3. The van der Waals surface area contributed by atoms with Crippen LogP contribution in [0.4, 0.5) is 0 Å². The van der Waals surface area contributed by atoms with E-state index >= 15 is 0 Å². The molecule has 0 spiro atoms. The first-order chi connectivity index (χ1) is 6.22. The van der Waals surface area contributed by atoms with E-state index < -0.39 is 0 Å². The average molecular weight is 179 g/mol. The van der Waals surface area contributed by atoms with Gasteiger partial charge in [0, 0.05) is 37.8 Å². The Labute approximate surface area is 79.3 Å². The van der Waals surface area contributed by atoms with Crippen molar-refractivity contribution in [2.45, 2.75) is 26.8 Å². The molecule has 0 aliphatic carbocycles. The highest BCUT2D eigenvalue weighted by Gasteiger charge is 2.20. The number of fused-ring (bicyclic) bond motifs is 1. The van der Waals surface area contributed by atoms with E-state index in [1.165, 1.54) is 23.5 Å². The molecule has 1 aliphatic rings. The van der Waals surface area contributed by atoms with Gasteiger partial charge < -0.3 is 0 Å². The number of rotatable bonds is 1. The first-order valence-electron chi connectivity index (χ1n) is 4.96. The van der Waals surface area contributed by atoms with Crippen molar-refractivity contribution in [3.8, 4) is 0 Å². The van der Waals surface area contributed by atoms with Gasteiger partial charge in [0.2, 0.25) is 0 Å². The van der Waals surface area contributed by atoms with Crippen molar-refractivity contribution in [2.24, 2.45) is 7.05 Å². The molecule has 0 unspecified atom stereocenters. The molecule has 2 heterocycles. The molecule has 3 nitrogen and oxygen atoms in total. The molecule has 1 aliphatic heterocycles. The van der Waals surface area contributed by atoms with Gasteiger partial charge in [-0.3, -0.25) is 9.58 Å². The van der Waals surface area contributed by atoms with E-state index in [2.05, 4.69) is 23.8 Å². The molecule has 1 aromatic rings. The monoisotopic (exact) mass is 179 g/mol. The van der Waals surface area contributed by atoms with E-state index in [4.69, 9.17) is 0 Å². The van der Waals surface area contributed by atoms with Crippen LogP contribution in [0, 0.1) is 6.92 Å². The molecule has 3 heteroatoms. The maximum absolute atomic E-state index is 4.51. The van der Waals surface area contributed by atoms with E-state index in [1.54, 1.807) is 0 Å². The van der Waals surface area contributed by atoms with Crippen LogP contribution in [-0.4, -0.2) is 27.8 Å². The summed E-state index contributed by atoms with van der Waals surface area (Å²) in [6, 6.07) is 0. The zero-order valence-corrected chi connectivity index (χ0v) is 8.67. The maximum atomic E-state index is 4.51. The van der Waals surface area contributed by atoms with Gasteiger partial charge in [0.15, 0.2) is 0 Å². The fourth-order valence-corrected chi connectivity index (χ4v) is 1.96. The molecular weight excluding hydrogens is 162 g/mol. The fraction of sp³-hybridized carbons (Fsp3) is 0.700. The van der Waals surface area contributed by atoms with E-state index in [9.17, 15) is 0 Å². The lowest BCUT2D eigenvalue weighted by Gasteiger charge is -2.24. The van der Waals surface area contributed by atoms with Gasteiger partial charge in [0.05, 0.1) is 5.69 Å². The Hall–Kier alpha value is -0.830. The van der Waals surface area contributed by atoms with Crippen molar-refractivity contribution in [3.05, 3.63) is 17.0 Å². The van der Waals surface area contributed by atoms with Gasteiger partial charge >= 0.3 is 0 Å². The number of aromatic nitrogens is 2. The lowest BCUT2D eigenvalue weighted by atomic mass is 10.1. The van der Waals surface area contributed by atoms with Crippen LogP contribution in [0.25, 0.3) is 0 Å². The third-order valence-corrected chi connectivity index (χ3v) is 3.03. The SMILES string of the molecule is CCN1CCc2nn(C)c(C)c2C1. The van der Waals surface area contributed by atoms with Crippen molar-refractivity contribution in [1.29, 1.82) is 0 Å². The minimum absolute atomic E-state index is 1.09. The molecule has 13 heavy (non-hydrogen) atoms. The van der Waals surface area contributed by atoms with Gasteiger partial charge in [-0.1, -0.05) is 6.92 Å². The summed E-state index contributed by atoms with van der Waals surface area (Å²) in [5, 5.41) is 4.51. The quantitative estimate of drug-likeness (QED) is 0.644. The summed E-state index contributed by atoms with van der Waals surface area (Å²) < 4.78 is 2.00. The Bertz CT molecular complexity index is 314. The van der Waals surface area contributed by atoms with Crippen molar-refractivity contribution in [1.82, 2.24) is 14.7 Å². The Kier molecular flexibility index (Phi) is 2.12. The topological polar surface area (TPSA) is 21.1 Å². The molecule has 0 radical (unpaired) electrons. The molecule has 0 saturated carbocycles. The number of nitrogens with zero attached hydrogens (tertiary/aromatic N) is 3. The largest absolute Gasteiger partial charge is 0.299 e. The van der Waals surface area contributed by atoms with Gasteiger partial charge in [0.25, 0.3) is 0 Å². The number of aryl methyl sites for hydroxylation is 1. The lowest BCUT2D eigenvalue weighted by molar-refractivity contribution is 0.266. The Morgan fingerprint density at radius 1 is 1.46 bits per heavy atom. The number of hydrogen-bond acceptors (Lipinski definition) is 2. The predicted octanol–water partition coefficient (Wildman–Crippen LogP) is 1.11. The van der Waals surface area contributed by atoms with Crippen molar-refractivity contribution >= 4 is 0 Å². The van der Waals surface area contributed by atoms with E-state index in [0.29, 0.717) is 0 Å². The summed E-state index contributed by atoms with van der Waals surface area (Å²) in [6.07, 6.45) is 1.12. The normalized spacial score (nSPS) is 17.5. The van der Waals surface area contributed by atoms with Crippen LogP contribution in [0.3, 0.4) is 0 Å². The molecule has 1 aromatic heterocycles. The summed E-state index contributed by atoms with van der Waals surface area (Å²) in [7, 11) is 2.03. The minimum Gasteiger partial charge on any atom is -0.299 e. The maximum Gasteiger partial charge on any atom is 0.0685 e. The first-order valence-corrected chi connectivity index (χ1v) is 4.96. The molecule has 0 bridgehead atoms. The molecule has 0 fully saturated rings. The highest BCUT2D eigenvalue weighted by Crippen LogP contribution is 2.20. The van der Waals surface area contributed by atoms with Crippen LogP contribution in [0.2, 0.25) is 0 Å². The van der Waals surface area contributed by atoms with Crippen LogP contribution in [0.5, 0.6) is 0 Å². The highest BCUT2D eigenvalue weighted by molar-refractivity contribution is 5.27. The summed E-state index contributed by atoms with van der Waals surface area (Å²) in [5.74, 6) is 0. The molecule has 0 aromatic carbocycles. The second kappa shape index (κ2) is 3.14. The number of likely N-dealkylation sites (N-methyl/N-ethyl adjacent to an activating group) is 1. The second-order valence-corrected chi connectivity index (χ2v) is 3.75. The molecule has 2 rings (SSSR count). The Morgan fingerprint density at radius 3 is 2.92 bits per heavy atom. The van der Waals surface area contributed by atoms with Crippen LogP contribution in [0.1, 0.15) is 23.9 Å². The fourth-order valence-electron chi connectivity index (χ4n) is 1.96. The highest BCUT2D eigenvalue weighted by atomic mass is 15.3. The summed E-state index contributed by atoms with van der Waals surface area (Å²) in [5.41, 5.74) is 4.09. The minimum atomic E-state index is 1.09. The van der Waals surface area contributed by atoms with E-state index in [0.717, 1.165) is 19.5 Å². The molecule has 0 atom stereocenters. The molecule has 0 N–H and O–H groups in total. The van der Waals surface area contributed by atoms with E-state index in [-0.39, 0.29) is 0 Å². The molecule has 0 saturated heterocycles. The van der Waals surface area contributed by atoms with Gasteiger partial charge in [0.1, 0.15) is 0 Å². The van der Waals surface area contributed by atoms with Crippen LogP contribution in [-0.2, 0) is 20.0 Å². The van der Waals surface area contributed by atoms with Gasteiger partial charge in [-0.2, -0.15) is 5.10 Å². The predicted molar refractivity (Wildman–Crippen MR) is 52.6 cm³/mol. The summed E-state index contributed by atoms with van der Waals surface area (Å²) in [6.45, 7) is 7.78. The Balaban J connectivity index is 2.32. The van der Waals surface area contributed by atoms with Gasteiger partial charge in [-0.15, -0.1) is 0 Å². The van der Waals surface area contributed by atoms with Gasteiger partial charge in [-0.05, 0) is 13.5 Å². The molecular formula is C10H17N3. The average Bonchev–Trinajstić information content (AvgIpc) is 2.43. The zero-order valence-electron chi connectivity index (χ0n) is 8.67. The van der Waals surface area contributed by atoms with Crippen molar-refractivity contribution in [3.63, 3.8) is 0 Å². The second-order valence-electron chi connectivity index (χ2n) is 3.75. The molecule has 0 amide bonds. The lowest BCUT2D eigenvalue weighted by Crippen LogP contribution is -2.30.